The molecule has 0 spiro atoms. The van der Waals surface area contributed by atoms with Gasteiger partial charge in [0, 0.05) is 13.5 Å². The third-order valence-electron chi connectivity index (χ3n) is 9.52. The number of guanidine groups is 1. The van der Waals surface area contributed by atoms with Gasteiger partial charge in [0.15, 0.2) is 5.96 Å². The molecular formula is C40H69N4O12P. The Morgan fingerprint density at radius 2 is 1.40 bits per heavy atom. The molecule has 7 atom stereocenters. The maximum atomic E-state index is 12.9. The Morgan fingerprint density at radius 1 is 0.860 bits per heavy atom. The van der Waals surface area contributed by atoms with Crippen LogP contribution in [0.5, 0.6) is 0 Å². The Labute approximate surface area is 338 Å². The molecule has 1 aromatic carbocycles. The molecule has 1 unspecified atom stereocenters. The number of phosphoric acid groups is 1. The number of aliphatic imine (C=N–C) groups is 1. The Balaban J connectivity index is 1.79. The summed E-state index contributed by atoms with van der Waals surface area (Å²) in [4.78, 5) is 38.0. The lowest BCUT2D eigenvalue weighted by Crippen LogP contribution is -2.59. The van der Waals surface area contributed by atoms with Gasteiger partial charge in [-0.05, 0) is 18.1 Å². The smallest absolute Gasteiger partial charge is 0.472 e. The number of carbonyl (C=O) groups is 2. The van der Waals surface area contributed by atoms with E-state index in [-0.39, 0.29) is 19.8 Å². The Bertz CT molecular complexity index is 1370. The molecule has 1 aromatic rings. The van der Waals surface area contributed by atoms with Crippen LogP contribution in [0.15, 0.2) is 47.2 Å². The van der Waals surface area contributed by atoms with Gasteiger partial charge >= 0.3 is 13.8 Å². The average Bonchev–Trinajstić information content (AvgIpc) is 3.17. The number of nitrogens with two attached hydrogens (primary N) is 2. The van der Waals surface area contributed by atoms with E-state index in [9.17, 15) is 34.4 Å². The fourth-order valence-corrected chi connectivity index (χ4v) is 7.18. The zero-order chi connectivity index (χ0) is 41.9. The van der Waals surface area contributed by atoms with Crippen molar-refractivity contribution in [2.45, 2.75) is 160 Å². The van der Waals surface area contributed by atoms with Gasteiger partial charge in [-0.3, -0.25) is 13.8 Å². The van der Waals surface area contributed by atoms with Crippen molar-refractivity contribution >= 4 is 25.7 Å². The molecule has 0 aromatic heterocycles. The minimum Gasteiger partial charge on any atom is -0.478 e. The number of rotatable bonds is 33. The van der Waals surface area contributed by atoms with E-state index >= 15 is 0 Å². The summed E-state index contributed by atoms with van der Waals surface area (Å²) in [6.07, 6.45) is 15.1. The molecule has 0 saturated heterocycles. The molecule has 0 radical (unpaired) electrons. The number of nitrogens with zero attached hydrogens (tertiary/aromatic N) is 1. The lowest BCUT2D eigenvalue weighted by atomic mass is 9.92. The second-order valence-corrected chi connectivity index (χ2v) is 16.1. The topological polar surface area (TPSA) is 255 Å². The van der Waals surface area contributed by atoms with Crippen molar-refractivity contribution in [3.8, 4) is 0 Å². The highest BCUT2D eigenvalue weighted by molar-refractivity contribution is 7.47. The number of phosphoric ester groups is 1. The van der Waals surface area contributed by atoms with Gasteiger partial charge in [0.1, 0.15) is 24.4 Å². The number of hydrogen-bond donors (Lipinski definition) is 7. The number of carboxylic acid groups (broad SMARTS) is 1. The van der Waals surface area contributed by atoms with Gasteiger partial charge < -0.3 is 51.2 Å². The van der Waals surface area contributed by atoms with Gasteiger partial charge in [-0.2, -0.15) is 0 Å². The summed E-state index contributed by atoms with van der Waals surface area (Å²) in [7, 11) is -4.83. The summed E-state index contributed by atoms with van der Waals surface area (Å²) >= 11 is 0. The minimum absolute atomic E-state index is 0.0901. The predicted octanol–water partition coefficient (Wildman–Crippen LogP) is 5.22. The number of amides is 1. The number of aliphatic carboxylic acids is 1. The zero-order valence-corrected chi connectivity index (χ0v) is 34.8. The van der Waals surface area contributed by atoms with Crippen LogP contribution in [0.25, 0.3) is 0 Å². The van der Waals surface area contributed by atoms with Crippen LogP contribution in [0.4, 0.5) is 0 Å². The molecule has 1 amide bonds. The second kappa shape index (κ2) is 29.2. The molecule has 0 saturated carbocycles. The Kier molecular flexibility index (Phi) is 25.6. The van der Waals surface area contributed by atoms with E-state index in [4.69, 9.17) is 34.7 Å². The number of nitrogens with one attached hydrogen (secondary N) is 1. The highest BCUT2D eigenvalue weighted by Gasteiger charge is 2.44. The van der Waals surface area contributed by atoms with E-state index in [2.05, 4.69) is 17.2 Å². The molecular weight excluding hydrogens is 759 g/mol. The number of aliphatic hydroxyl groups is 2. The van der Waals surface area contributed by atoms with Crippen LogP contribution in [0, 0.1) is 0 Å². The predicted molar refractivity (Wildman–Crippen MR) is 217 cm³/mol. The van der Waals surface area contributed by atoms with Crippen molar-refractivity contribution in [1.29, 1.82) is 0 Å². The van der Waals surface area contributed by atoms with Crippen LogP contribution < -0.4 is 16.8 Å². The largest absolute Gasteiger partial charge is 0.478 e. The number of aliphatic hydroxyl groups excluding tert-OH is 2. The van der Waals surface area contributed by atoms with E-state index in [0.717, 1.165) is 37.8 Å². The summed E-state index contributed by atoms with van der Waals surface area (Å²) in [5, 5.41) is 33.7. The minimum atomic E-state index is -4.83. The molecule has 16 nitrogen and oxygen atoms in total. The lowest BCUT2D eigenvalue weighted by molar-refractivity contribution is -0.145. The highest BCUT2D eigenvalue weighted by atomic mass is 31.2. The van der Waals surface area contributed by atoms with Crippen LogP contribution in [-0.4, -0.2) is 101 Å². The number of carboxylic acids is 1. The van der Waals surface area contributed by atoms with Crippen molar-refractivity contribution < 1.29 is 57.6 Å². The van der Waals surface area contributed by atoms with Gasteiger partial charge in [-0.25, -0.2) is 14.4 Å². The van der Waals surface area contributed by atoms with E-state index in [0.29, 0.717) is 6.61 Å². The standard InChI is InChI=1S/C40H69N4O12P/c1-3-4-5-6-7-8-9-10-11-12-13-14-15-16-17-21-24-52-27-32(53-26-31-22-19-18-20-23-31)28-54-57(50,51)55-29-34(46)37(47)38-36(43-30(2)45)33(44-40(41)42)25-35(56-38)39(48)49/h18-20,22-23,25,32-34,36-38,46-47H,3-17,21,24,26-29H2,1-2H3,(H,43,45)(H,48,49)(H,50,51)(H4,41,42,44)/t32-,33+,34-,36-,37-,38-/m1/s1. The van der Waals surface area contributed by atoms with Gasteiger partial charge in [-0.15, -0.1) is 0 Å². The molecule has 1 aliphatic rings. The third kappa shape index (κ3) is 22.6. The van der Waals surface area contributed by atoms with Gasteiger partial charge in [0.05, 0.1) is 38.5 Å². The fraction of sp³-hybridized carbons (Fsp3) is 0.725. The first-order chi connectivity index (χ1) is 27.3. The van der Waals surface area contributed by atoms with Crippen molar-refractivity contribution in [2.75, 3.05) is 26.4 Å². The number of unbranched alkanes of at least 4 members (excludes halogenated alkanes) is 15. The SMILES string of the molecule is CCCCCCCCCCCCCCCCCCOC[C@H](COP(=O)(O)OC[C@@H](O)[C@@H](O)[C@@H]1OC(C(=O)O)=C[C@H](N=C(N)N)[C@H]1NC(C)=O)OCc1ccccc1. The summed E-state index contributed by atoms with van der Waals surface area (Å²) in [5.74, 6) is -3.22. The fourth-order valence-electron chi connectivity index (χ4n) is 6.41. The van der Waals surface area contributed by atoms with Crippen molar-refractivity contribution in [3.63, 3.8) is 0 Å². The summed E-state index contributed by atoms with van der Waals surface area (Å²) in [6, 6.07) is 6.93. The lowest BCUT2D eigenvalue weighted by Gasteiger charge is -2.38. The summed E-state index contributed by atoms with van der Waals surface area (Å²) in [5.41, 5.74) is 11.8. The molecule has 326 valence electrons. The van der Waals surface area contributed by atoms with E-state index in [1.807, 2.05) is 30.3 Å². The molecule has 0 bridgehead atoms. The molecule has 17 heteroatoms. The quantitative estimate of drug-likeness (QED) is 0.0208. The molecule has 2 rings (SSSR count). The van der Waals surface area contributed by atoms with Gasteiger partial charge in [0.2, 0.25) is 11.7 Å². The van der Waals surface area contributed by atoms with E-state index in [1.165, 1.54) is 83.5 Å². The monoisotopic (exact) mass is 828 g/mol. The first-order valence-electron chi connectivity index (χ1n) is 20.5. The first-order valence-corrected chi connectivity index (χ1v) is 22.0. The van der Waals surface area contributed by atoms with Crippen molar-refractivity contribution in [3.05, 3.63) is 47.7 Å². The van der Waals surface area contributed by atoms with E-state index in [1.54, 1.807) is 0 Å². The third-order valence-corrected chi connectivity index (χ3v) is 10.5. The number of benzene rings is 1. The van der Waals surface area contributed by atoms with Gasteiger partial charge in [0.25, 0.3) is 0 Å². The van der Waals surface area contributed by atoms with Crippen LogP contribution in [0.3, 0.4) is 0 Å². The summed E-state index contributed by atoms with van der Waals surface area (Å²) in [6.45, 7) is 2.87. The normalized spacial score (nSPS) is 19.4. The van der Waals surface area contributed by atoms with Crippen molar-refractivity contribution in [2.24, 2.45) is 16.5 Å². The van der Waals surface area contributed by atoms with Crippen LogP contribution >= 0.6 is 7.82 Å². The molecule has 9 N–H and O–H groups in total. The Morgan fingerprint density at radius 3 is 1.93 bits per heavy atom. The Hall–Kier alpha value is -3.08. The molecule has 0 fully saturated rings. The van der Waals surface area contributed by atoms with Crippen molar-refractivity contribution in [1.82, 2.24) is 5.32 Å². The first kappa shape index (κ1) is 50.1. The average molecular weight is 829 g/mol. The molecule has 1 aliphatic heterocycles. The zero-order valence-electron chi connectivity index (χ0n) is 33.9. The van der Waals surface area contributed by atoms with Crippen LogP contribution in [0.1, 0.15) is 122 Å². The molecule has 0 aliphatic carbocycles. The maximum absolute atomic E-state index is 12.9. The molecule has 57 heavy (non-hydrogen) atoms. The number of ether oxygens (including phenoxy) is 3. The van der Waals surface area contributed by atoms with Gasteiger partial charge in [-0.1, -0.05) is 134 Å². The second-order valence-electron chi connectivity index (χ2n) is 14.6. The van der Waals surface area contributed by atoms with E-state index < -0.39 is 74.5 Å². The highest BCUT2D eigenvalue weighted by Crippen LogP contribution is 2.43. The number of hydrogen-bond acceptors (Lipinski definition) is 11. The maximum Gasteiger partial charge on any atom is 0.472 e. The molecule has 1 heterocycles. The summed E-state index contributed by atoms with van der Waals surface area (Å²) < 4.78 is 40.2. The van der Waals surface area contributed by atoms with Crippen LogP contribution in [0.2, 0.25) is 0 Å². The van der Waals surface area contributed by atoms with Crippen LogP contribution in [-0.2, 0) is 44.0 Å². The number of carbonyl (C=O) groups excluding carboxylic acids is 1.